The molecule has 0 N–H and O–H groups in total. The summed E-state index contributed by atoms with van der Waals surface area (Å²) < 4.78 is 43.4. The van der Waals surface area contributed by atoms with Gasteiger partial charge in [0, 0.05) is 23.3 Å². The van der Waals surface area contributed by atoms with Gasteiger partial charge in [0.05, 0.1) is 17.0 Å². The van der Waals surface area contributed by atoms with Crippen LogP contribution in [0.15, 0.2) is 128 Å². The molecule has 41 heavy (non-hydrogen) atoms. The average Bonchev–Trinajstić information content (AvgIpc) is 2.96. The highest BCUT2D eigenvalue weighted by Gasteiger charge is 2.19. The molecule has 0 aliphatic carbocycles. The fourth-order valence-electron chi connectivity index (χ4n) is 4.39. The van der Waals surface area contributed by atoms with Gasteiger partial charge in [-0.1, -0.05) is 110 Å². The highest BCUT2D eigenvalue weighted by Crippen LogP contribution is 2.32. The van der Waals surface area contributed by atoms with Gasteiger partial charge in [0.15, 0.2) is 5.82 Å². The zero-order chi connectivity index (χ0) is 29.4. The summed E-state index contributed by atoms with van der Waals surface area (Å²) in [5, 5.41) is 0. The van der Waals surface area contributed by atoms with Crippen molar-refractivity contribution in [3.05, 3.63) is 157 Å². The van der Waals surface area contributed by atoms with E-state index < -0.39 is 23.0 Å². The Balaban J connectivity index is 1.87. The molecule has 204 valence electrons. The molecular formula is C36H29F3N2. The van der Waals surface area contributed by atoms with Gasteiger partial charge in [-0.15, -0.1) is 0 Å². The molecule has 0 bridgehead atoms. The zero-order valence-electron chi connectivity index (χ0n) is 22.9. The quantitative estimate of drug-likeness (QED) is 0.195. The van der Waals surface area contributed by atoms with Gasteiger partial charge in [-0.2, -0.15) is 0 Å². The number of aromatic nitrogens is 2. The Morgan fingerprint density at radius 1 is 0.634 bits per heavy atom. The van der Waals surface area contributed by atoms with E-state index in [9.17, 15) is 13.2 Å². The predicted molar refractivity (Wildman–Crippen MR) is 164 cm³/mol. The molecule has 0 unspecified atom stereocenters. The van der Waals surface area contributed by atoms with E-state index in [1.165, 1.54) is 0 Å². The van der Waals surface area contributed by atoms with Crippen LogP contribution in [0.5, 0.6) is 0 Å². The molecule has 5 heteroatoms. The van der Waals surface area contributed by atoms with E-state index in [0.29, 0.717) is 23.5 Å². The van der Waals surface area contributed by atoms with E-state index >= 15 is 0 Å². The first-order chi connectivity index (χ1) is 19.9. The molecule has 0 amide bonds. The lowest BCUT2D eigenvalue weighted by Crippen LogP contribution is -2.01. The van der Waals surface area contributed by atoms with Gasteiger partial charge in [-0.05, 0) is 42.2 Å². The molecule has 1 aromatic heterocycles. The lowest BCUT2D eigenvalue weighted by molar-refractivity contribution is 0.546. The summed E-state index contributed by atoms with van der Waals surface area (Å²) in [4.78, 5) is 9.01. The minimum atomic E-state index is -1.08. The van der Waals surface area contributed by atoms with Crippen LogP contribution in [-0.2, 0) is 0 Å². The zero-order valence-corrected chi connectivity index (χ0v) is 22.9. The molecule has 0 fully saturated rings. The van der Waals surface area contributed by atoms with Gasteiger partial charge in [0.1, 0.15) is 17.5 Å². The normalized spacial score (nSPS) is 12.3. The highest BCUT2D eigenvalue weighted by molar-refractivity contribution is 5.79. The van der Waals surface area contributed by atoms with E-state index in [-0.39, 0.29) is 5.82 Å². The van der Waals surface area contributed by atoms with Crippen LogP contribution >= 0.6 is 0 Å². The molecule has 0 spiro atoms. The smallest absolute Gasteiger partial charge is 0.166 e. The van der Waals surface area contributed by atoms with Crippen LogP contribution in [-0.4, -0.2) is 9.97 Å². The summed E-state index contributed by atoms with van der Waals surface area (Å²) in [7, 11) is 0. The Morgan fingerprint density at radius 3 is 1.41 bits per heavy atom. The maximum atomic E-state index is 14.8. The van der Waals surface area contributed by atoms with Gasteiger partial charge in [0.25, 0.3) is 0 Å². The van der Waals surface area contributed by atoms with Gasteiger partial charge >= 0.3 is 0 Å². The second-order valence-electron chi connectivity index (χ2n) is 9.08. The van der Waals surface area contributed by atoms with Crippen LogP contribution in [0, 0.1) is 17.5 Å². The Kier molecular flexibility index (Phi) is 9.43. The number of nitrogens with zero attached hydrogens (tertiary/aromatic N) is 2. The van der Waals surface area contributed by atoms with Crippen molar-refractivity contribution >= 4 is 11.1 Å². The topological polar surface area (TPSA) is 25.8 Å². The Morgan fingerprint density at radius 2 is 1.05 bits per heavy atom. The molecule has 0 aliphatic rings. The number of rotatable bonds is 9. The molecule has 0 aliphatic heterocycles. The third-order valence-corrected chi connectivity index (χ3v) is 6.27. The minimum absolute atomic E-state index is 0.178. The Hall–Kier alpha value is -5.03. The lowest BCUT2D eigenvalue weighted by atomic mass is 9.99. The molecule has 0 atom stereocenters. The van der Waals surface area contributed by atoms with Crippen molar-refractivity contribution < 1.29 is 13.2 Å². The fraction of sp³-hybridized carbons (Fsp3) is 0.0556. The SMILES string of the molecule is C=C/C=C(\C=C/C)c1ccc(-c2cc(-c3ccc(C(/C=C\C)=C/C=C)cc3)nc(-c3c(F)cc(F)cc3F)n2)cc1. The molecular weight excluding hydrogens is 517 g/mol. The van der Waals surface area contributed by atoms with E-state index in [1.54, 1.807) is 18.2 Å². The van der Waals surface area contributed by atoms with Crippen LogP contribution < -0.4 is 0 Å². The number of hydrogen-bond donors (Lipinski definition) is 0. The van der Waals surface area contributed by atoms with Crippen LogP contribution in [0.4, 0.5) is 13.2 Å². The minimum Gasteiger partial charge on any atom is -0.228 e. The van der Waals surface area contributed by atoms with Gasteiger partial charge < -0.3 is 0 Å². The lowest BCUT2D eigenvalue weighted by Gasteiger charge is -2.12. The maximum Gasteiger partial charge on any atom is 0.166 e. The summed E-state index contributed by atoms with van der Waals surface area (Å²) in [6, 6.07) is 18.3. The number of hydrogen-bond acceptors (Lipinski definition) is 2. The summed E-state index contributed by atoms with van der Waals surface area (Å²) >= 11 is 0. The van der Waals surface area contributed by atoms with Crippen LogP contribution in [0.1, 0.15) is 25.0 Å². The van der Waals surface area contributed by atoms with Crippen molar-refractivity contribution in [1.82, 2.24) is 9.97 Å². The molecule has 1 heterocycles. The van der Waals surface area contributed by atoms with E-state index in [4.69, 9.17) is 0 Å². The Labute approximate surface area is 239 Å². The maximum absolute atomic E-state index is 14.8. The summed E-state index contributed by atoms with van der Waals surface area (Å²) in [5.74, 6) is -3.34. The van der Waals surface area contributed by atoms with Gasteiger partial charge in [0.2, 0.25) is 0 Å². The summed E-state index contributed by atoms with van der Waals surface area (Å²) in [6.07, 6.45) is 15.1. The second kappa shape index (κ2) is 13.4. The van der Waals surface area contributed by atoms with Gasteiger partial charge in [-0.25, -0.2) is 23.1 Å². The van der Waals surface area contributed by atoms with E-state index in [2.05, 4.69) is 23.1 Å². The van der Waals surface area contributed by atoms with Crippen LogP contribution in [0.25, 0.3) is 45.0 Å². The number of halogens is 3. The highest BCUT2D eigenvalue weighted by atomic mass is 19.1. The van der Waals surface area contributed by atoms with Crippen molar-refractivity contribution in [3.8, 4) is 33.9 Å². The molecule has 3 aromatic carbocycles. The van der Waals surface area contributed by atoms with Crippen molar-refractivity contribution in [2.45, 2.75) is 13.8 Å². The predicted octanol–water partition coefficient (Wildman–Crippen LogP) is 10.2. The first kappa shape index (κ1) is 29.0. The number of benzene rings is 3. The Bertz CT molecular complexity index is 1570. The molecule has 2 nitrogen and oxygen atoms in total. The van der Waals surface area contributed by atoms with Crippen molar-refractivity contribution in [2.75, 3.05) is 0 Å². The van der Waals surface area contributed by atoms with Gasteiger partial charge in [-0.3, -0.25) is 0 Å². The molecule has 0 saturated carbocycles. The first-order valence-corrected chi connectivity index (χ1v) is 13.0. The standard InChI is InChI=1S/C36H29F3N2/c1-5-9-24(10-6-2)26-13-17-28(18-14-26)33-23-34(29-19-15-27(16-20-29)25(11-7-3)12-8-4)41-36(40-33)35-31(38)21-30(37)22-32(35)39/h5-23H,1,3H2,2,4H3/b10-6-,12-8-,24-9+,25-11+. The molecule has 0 saturated heterocycles. The average molecular weight is 547 g/mol. The third-order valence-electron chi connectivity index (χ3n) is 6.27. The van der Waals surface area contributed by atoms with Crippen molar-refractivity contribution in [2.24, 2.45) is 0 Å². The summed E-state index contributed by atoms with van der Waals surface area (Å²) in [5.41, 5.74) is 5.79. The third kappa shape index (κ3) is 6.76. The second-order valence-corrected chi connectivity index (χ2v) is 9.08. The largest absolute Gasteiger partial charge is 0.228 e. The molecule has 4 aromatic rings. The first-order valence-electron chi connectivity index (χ1n) is 13.0. The monoisotopic (exact) mass is 546 g/mol. The van der Waals surface area contributed by atoms with Crippen LogP contribution in [0.3, 0.4) is 0 Å². The number of allylic oxidation sites excluding steroid dienone is 10. The van der Waals surface area contributed by atoms with Crippen LogP contribution in [0.2, 0.25) is 0 Å². The van der Waals surface area contributed by atoms with E-state index in [0.717, 1.165) is 33.4 Å². The fourth-order valence-corrected chi connectivity index (χ4v) is 4.39. The van der Waals surface area contributed by atoms with Crippen molar-refractivity contribution in [3.63, 3.8) is 0 Å². The van der Waals surface area contributed by atoms with E-state index in [1.807, 2.05) is 98.8 Å². The van der Waals surface area contributed by atoms with Crippen molar-refractivity contribution in [1.29, 1.82) is 0 Å². The molecule has 0 radical (unpaired) electrons. The molecule has 4 rings (SSSR count). The summed E-state index contributed by atoms with van der Waals surface area (Å²) in [6.45, 7) is 11.4.